The second-order valence-electron chi connectivity index (χ2n) is 5.32. The van der Waals surface area contributed by atoms with Gasteiger partial charge in [0.2, 0.25) is 0 Å². The van der Waals surface area contributed by atoms with Gasteiger partial charge in [-0.1, -0.05) is 6.92 Å². The molecule has 1 aromatic rings. The SMILES string of the molecule is CCCNCCn1ncc(N2CCN(C)CC2)cc1=O. The Kier molecular flexibility index (Phi) is 5.55. The van der Waals surface area contributed by atoms with E-state index in [9.17, 15) is 4.79 Å². The quantitative estimate of drug-likeness (QED) is 0.743. The maximum absolute atomic E-state index is 12.0. The van der Waals surface area contributed by atoms with E-state index in [0.717, 1.165) is 51.4 Å². The topological polar surface area (TPSA) is 53.4 Å². The standard InChI is InChI=1S/C14H25N5O/c1-3-4-15-5-6-19-14(20)11-13(12-16-19)18-9-7-17(2)8-10-18/h11-12,15H,3-10H2,1-2H3. The highest BCUT2D eigenvalue weighted by atomic mass is 16.1. The molecule has 0 aliphatic carbocycles. The van der Waals surface area contributed by atoms with E-state index in [4.69, 9.17) is 0 Å². The molecule has 20 heavy (non-hydrogen) atoms. The summed E-state index contributed by atoms with van der Waals surface area (Å²) in [4.78, 5) is 16.6. The van der Waals surface area contributed by atoms with Gasteiger partial charge in [0.1, 0.15) is 0 Å². The van der Waals surface area contributed by atoms with Crippen LogP contribution in [0.15, 0.2) is 17.1 Å². The van der Waals surface area contributed by atoms with Crippen molar-refractivity contribution in [3.05, 3.63) is 22.6 Å². The summed E-state index contributed by atoms with van der Waals surface area (Å²) >= 11 is 0. The largest absolute Gasteiger partial charge is 0.368 e. The molecule has 0 radical (unpaired) electrons. The molecular weight excluding hydrogens is 254 g/mol. The Bertz CT molecular complexity index is 465. The summed E-state index contributed by atoms with van der Waals surface area (Å²) in [7, 11) is 2.12. The van der Waals surface area contributed by atoms with Crippen LogP contribution in [0.1, 0.15) is 13.3 Å². The first-order chi connectivity index (χ1) is 9.70. The van der Waals surface area contributed by atoms with Gasteiger partial charge in [-0.3, -0.25) is 4.79 Å². The van der Waals surface area contributed by atoms with Crippen LogP contribution in [0.25, 0.3) is 0 Å². The monoisotopic (exact) mass is 279 g/mol. The Morgan fingerprint density at radius 2 is 2.00 bits per heavy atom. The van der Waals surface area contributed by atoms with Crippen molar-refractivity contribution in [2.45, 2.75) is 19.9 Å². The minimum Gasteiger partial charge on any atom is -0.368 e. The van der Waals surface area contributed by atoms with Gasteiger partial charge in [0, 0.05) is 38.8 Å². The van der Waals surface area contributed by atoms with Gasteiger partial charge in [0.15, 0.2) is 0 Å². The van der Waals surface area contributed by atoms with Crippen molar-refractivity contribution in [2.24, 2.45) is 0 Å². The molecule has 1 saturated heterocycles. The summed E-state index contributed by atoms with van der Waals surface area (Å²) < 4.78 is 1.53. The van der Waals surface area contributed by atoms with E-state index < -0.39 is 0 Å². The first kappa shape index (κ1) is 15.0. The van der Waals surface area contributed by atoms with E-state index in [1.165, 1.54) is 4.68 Å². The molecule has 0 atom stereocenters. The second kappa shape index (κ2) is 7.40. The van der Waals surface area contributed by atoms with E-state index in [1.54, 1.807) is 6.07 Å². The summed E-state index contributed by atoms with van der Waals surface area (Å²) in [5.41, 5.74) is 0.931. The van der Waals surface area contributed by atoms with Crippen molar-refractivity contribution in [3.8, 4) is 0 Å². The molecule has 0 unspecified atom stereocenters. The van der Waals surface area contributed by atoms with Crippen LogP contribution in [0.2, 0.25) is 0 Å². The van der Waals surface area contributed by atoms with Crippen molar-refractivity contribution in [3.63, 3.8) is 0 Å². The summed E-state index contributed by atoms with van der Waals surface area (Å²) in [6.07, 6.45) is 2.91. The van der Waals surface area contributed by atoms with Crippen molar-refractivity contribution >= 4 is 5.69 Å². The number of hydrogen-bond donors (Lipinski definition) is 1. The van der Waals surface area contributed by atoms with Crippen molar-refractivity contribution in [1.29, 1.82) is 0 Å². The van der Waals surface area contributed by atoms with E-state index in [1.807, 2.05) is 6.20 Å². The average molecular weight is 279 g/mol. The number of nitrogens with zero attached hydrogens (tertiary/aromatic N) is 4. The zero-order valence-corrected chi connectivity index (χ0v) is 12.5. The van der Waals surface area contributed by atoms with Crippen LogP contribution in [0.5, 0.6) is 0 Å². The maximum Gasteiger partial charge on any atom is 0.268 e. The van der Waals surface area contributed by atoms with Gasteiger partial charge >= 0.3 is 0 Å². The molecule has 1 aliphatic heterocycles. The van der Waals surface area contributed by atoms with Gasteiger partial charge in [-0.05, 0) is 20.0 Å². The lowest BCUT2D eigenvalue weighted by Gasteiger charge is -2.33. The van der Waals surface area contributed by atoms with Crippen LogP contribution in [0, 0.1) is 0 Å². The molecule has 0 amide bonds. The first-order valence-corrected chi connectivity index (χ1v) is 7.42. The lowest BCUT2D eigenvalue weighted by atomic mass is 10.3. The van der Waals surface area contributed by atoms with E-state index in [-0.39, 0.29) is 5.56 Å². The van der Waals surface area contributed by atoms with Crippen LogP contribution in [0.4, 0.5) is 5.69 Å². The first-order valence-electron chi connectivity index (χ1n) is 7.42. The molecule has 1 aromatic heterocycles. The summed E-state index contributed by atoms with van der Waals surface area (Å²) in [6.45, 7) is 8.50. The van der Waals surface area contributed by atoms with Crippen LogP contribution in [0.3, 0.4) is 0 Å². The molecule has 2 rings (SSSR count). The molecule has 1 fully saturated rings. The Morgan fingerprint density at radius 3 is 2.65 bits per heavy atom. The highest BCUT2D eigenvalue weighted by molar-refractivity contribution is 5.43. The second-order valence-corrected chi connectivity index (χ2v) is 5.32. The third-order valence-electron chi connectivity index (χ3n) is 3.65. The van der Waals surface area contributed by atoms with Crippen LogP contribution in [-0.4, -0.2) is 61.0 Å². The molecule has 0 spiro atoms. The molecule has 6 nitrogen and oxygen atoms in total. The fourth-order valence-corrected chi connectivity index (χ4v) is 2.32. The van der Waals surface area contributed by atoms with Gasteiger partial charge in [-0.2, -0.15) is 5.10 Å². The summed E-state index contributed by atoms with van der Waals surface area (Å²) in [5, 5.41) is 7.56. The molecule has 2 heterocycles. The van der Waals surface area contributed by atoms with Gasteiger partial charge in [0.05, 0.1) is 18.4 Å². The summed E-state index contributed by atoms with van der Waals surface area (Å²) in [5.74, 6) is 0. The fraction of sp³-hybridized carbons (Fsp3) is 0.714. The van der Waals surface area contributed by atoms with Gasteiger partial charge in [0.25, 0.3) is 5.56 Å². The molecule has 6 heteroatoms. The molecule has 0 bridgehead atoms. The number of aromatic nitrogens is 2. The highest BCUT2D eigenvalue weighted by Gasteiger charge is 2.15. The third-order valence-corrected chi connectivity index (χ3v) is 3.65. The van der Waals surface area contributed by atoms with Gasteiger partial charge in [-0.15, -0.1) is 0 Å². The van der Waals surface area contributed by atoms with Crippen molar-refractivity contribution in [1.82, 2.24) is 20.0 Å². The average Bonchev–Trinajstić information content (AvgIpc) is 2.46. The Labute approximate surface area is 120 Å². The minimum atomic E-state index is -0.0141. The van der Waals surface area contributed by atoms with E-state index in [0.29, 0.717) is 6.54 Å². The predicted molar refractivity (Wildman–Crippen MR) is 81.4 cm³/mol. The number of anilines is 1. The molecular formula is C14H25N5O. The third kappa shape index (κ3) is 4.05. The number of hydrogen-bond acceptors (Lipinski definition) is 5. The van der Waals surface area contributed by atoms with Gasteiger partial charge < -0.3 is 15.1 Å². The number of piperazine rings is 1. The minimum absolute atomic E-state index is 0.0141. The van der Waals surface area contributed by atoms with E-state index >= 15 is 0 Å². The predicted octanol–water partition coefficient (Wildman–Crippen LogP) is -0.00530. The van der Waals surface area contributed by atoms with E-state index in [2.05, 4.69) is 34.2 Å². The summed E-state index contributed by atoms with van der Waals surface area (Å²) in [6, 6.07) is 1.71. The molecule has 0 aromatic carbocycles. The lowest BCUT2D eigenvalue weighted by Crippen LogP contribution is -2.45. The molecule has 0 saturated carbocycles. The fourth-order valence-electron chi connectivity index (χ4n) is 2.32. The zero-order valence-electron chi connectivity index (χ0n) is 12.5. The van der Waals surface area contributed by atoms with Crippen molar-refractivity contribution in [2.75, 3.05) is 51.2 Å². The number of nitrogens with one attached hydrogen (secondary N) is 1. The molecule has 112 valence electrons. The Hall–Kier alpha value is -1.40. The van der Waals surface area contributed by atoms with Crippen LogP contribution in [-0.2, 0) is 6.54 Å². The normalized spacial score (nSPS) is 16.6. The molecule has 1 aliphatic rings. The van der Waals surface area contributed by atoms with Crippen LogP contribution >= 0.6 is 0 Å². The zero-order chi connectivity index (χ0) is 14.4. The van der Waals surface area contributed by atoms with Crippen molar-refractivity contribution < 1.29 is 0 Å². The highest BCUT2D eigenvalue weighted by Crippen LogP contribution is 2.11. The maximum atomic E-state index is 12.0. The van der Waals surface area contributed by atoms with Crippen LogP contribution < -0.4 is 15.8 Å². The lowest BCUT2D eigenvalue weighted by molar-refractivity contribution is 0.312. The smallest absolute Gasteiger partial charge is 0.268 e. The van der Waals surface area contributed by atoms with Gasteiger partial charge in [-0.25, -0.2) is 4.68 Å². The number of likely N-dealkylation sites (N-methyl/N-ethyl adjacent to an activating group) is 1. The number of rotatable bonds is 6. The Morgan fingerprint density at radius 1 is 1.25 bits per heavy atom. The molecule has 1 N–H and O–H groups in total. The Balaban J connectivity index is 1.93.